The van der Waals surface area contributed by atoms with Crippen LogP contribution in [0.1, 0.15) is 38.8 Å². The van der Waals surface area contributed by atoms with Gasteiger partial charge in [-0.05, 0) is 38.3 Å². The number of aliphatic hydroxyl groups is 1. The van der Waals surface area contributed by atoms with E-state index in [1.807, 2.05) is 39.0 Å². The van der Waals surface area contributed by atoms with E-state index in [4.69, 9.17) is 4.74 Å². The third-order valence-corrected chi connectivity index (χ3v) is 3.32. The average molecular weight is 277 g/mol. The number of fused-ring (bicyclic) bond motifs is 1. The molecule has 1 heterocycles. The Hall–Kier alpha value is -1.55. The number of aliphatic hydroxyl groups excluding tert-OH is 1. The van der Waals surface area contributed by atoms with Gasteiger partial charge in [0, 0.05) is 6.42 Å². The van der Waals surface area contributed by atoms with Crippen LogP contribution in [0, 0.1) is 0 Å². The van der Waals surface area contributed by atoms with Gasteiger partial charge in [0.2, 0.25) is 0 Å². The van der Waals surface area contributed by atoms with Gasteiger partial charge in [-0.1, -0.05) is 25.1 Å². The Bertz CT molecular complexity index is 505. The van der Waals surface area contributed by atoms with E-state index in [1.54, 1.807) is 4.90 Å². The molecule has 0 saturated carbocycles. The second-order valence-electron chi connectivity index (χ2n) is 6.23. The molecule has 0 spiro atoms. The zero-order valence-electron chi connectivity index (χ0n) is 12.6. The van der Waals surface area contributed by atoms with E-state index in [0.717, 1.165) is 23.2 Å². The SMILES string of the molecule is CCc1cccc2c1N(C(=O)OC(C)(C)C)CC(O)C2. The second kappa shape index (κ2) is 5.44. The summed E-state index contributed by atoms with van der Waals surface area (Å²) in [7, 11) is 0. The summed E-state index contributed by atoms with van der Waals surface area (Å²) >= 11 is 0. The number of ether oxygens (including phenoxy) is 1. The topological polar surface area (TPSA) is 49.8 Å². The highest BCUT2D eigenvalue weighted by molar-refractivity contribution is 5.91. The van der Waals surface area contributed by atoms with Crippen LogP contribution in [0.5, 0.6) is 0 Å². The van der Waals surface area contributed by atoms with E-state index in [1.165, 1.54) is 0 Å². The van der Waals surface area contributed by atoms with Crippen LogP contribution in [-0.2, 0) is 17.6 Å². The fourth-order valence-corrected chi connectivity index (χ4v) is 2.54. The molecule has 0 bridgehead atoms. The quantitative estimate of drug-likeness (QED) is 0.858. The first-order valence-electron chi connectivity index (χ1n) is 7.11. The van der Waals surface area contributed by atoms with Gasteiger partial charge < -0.3 is 9.84 Å². The fourth-order valence-electron chi connectivity index (χ4n) is 2.54. The molecule has 4 heteroatoms. The number of benzene rings is 1. The van der Waals surface area contributed by atoms with Crippen LogP contribution in [0.25, 0.3) is 0 Å². The van der Waals surface area contributed by atoms with Crippen LogP contribution >= 0.6 is 0 Å². The molecule has 20 heavy (non-hydrogen) atoms. The molecule has 2 rings (SSSR count). The number of rotatable bonds is 1. The Kier molecular flexibility index (Phi) is 4.04. The molecule has 0 radical (unpaired) electrons. The van der Waals surface area contributed by atoms with Gasteiger partial charge in [-0.25, -0.2) is 4.79 Å². The predicted molar refractivity (Wildman–Crippen MR) is 79.1 cm³/mol. The van der Waals surface area contributed by atoms with Gasteiger partial charge >= 0.3 is 6.09 Å². The van der Waals surface area contributed by atoms with E-state index in [9.17, 15) is 9.90 Å². The molecule has 4 nitrogen and oxygen atoms in total. The van der Waals surface area contributed by atoms with Crippen molar-refractivity contribution in [2.45, 2.75) is 52.2 Å². The van der Waals surface area contributed by atoms with Crippen molar-refractivity contribution in [2.75, 3.05) is 11.4 Å². The molecule has 0 aromatic heterocycles. The maximum atomic E-state index is 12.4. The molecular formula is C16H23NO3. The number of nitrogens with zero attached hydrogens (tertiary/aromatic N) is 1. The van der Waals surface area contributed by atoms with Crippen LogP contribution in [0.3, 0.4) is 0 Å². The first-order chi connectivity index (χ1) is 9.31. The van der Waals surface area contributed by atoms with E-state index in [0.29, 0.717) is 13.0 Å². The molecule has 1 aliphatic heterocycles. The minimum Gasteiger partial charge on any atom is -0.443 e. The Balaban J connectivity index is 2.39. The zero-order chi connectivity index (χ0) is 14.9. The van der Waals surface area contributed by atoms with Crippen LogP contribution < -0.4 is 4.90 Å². The number of anilines is 1. The third kappa shape index (κ3) is 3.12. The first-order valence-corrected chi connectivity index (χ1v) is 7.11. The van der Waals surface area contributed by atoms with Crippen molar-refractivity contribution in [3.05, 3.63) is 29.3 Å². The third-order valence-electron chi connectivity index (χ3n) is 3.32. The standard InChI is InChI=1S/C16H23NO3/c1-5-11-7-6-8-12-9-13(18)10-17(14(11)12)15(19)20-16(2,3)4/h6-8,13,18H,5,9-10H2,1-4H3. The smallest absolute Gasteiger partial charge is 0.414 e. The molecule has 0 saturated heterocycles. The van der Waals surface area contributed by atoms with E-state index in [2.05, 4.69) is 6.92 Å². The van der Waals surface area contributed by atoms with E-state index in [-0.39, 0.29) is 0 Å². The number of carbonyl (C=O) groups is 1. The van der Waals surface area contributed by atoms with Gasteiger partial charge in [0.25, 0.3) is 0 Å². The molecule has 1 aromatic rings. The fraction of sp³-hybridized carbons (Fsp3) is 0.562. The lowest BCUT2D eigenvalue weighted by Crippen LogP contribution is -2.45. The molecule has 110 valence electrons. The van der Waals surface area contributed by atoms with Gasteiger partial charge in [-0.15, -0.1) is 0 Å². The Morgan fingerprint density at radius 2 is 2.15 bits per heavy atom. The molecule has 1 aromatic carbocycles. The Labute approximate surface area is 120 Å². The maximum absolute atomic E-state index is 12.4. The number of hydrogen-bond donors (Lipinski definition) is 1. The van der Waals surface area contributed by atoms with Crippen molar-refractivity contribution in [1.82, 2.24) is 0 Å². The van der Waals surface area contributed by atoms with Crippen LogP contribution in [0.2, 0.25) is 0 Å². The van der Waals surface area contributed by atoms with Crippen LogP contribution in [-0.4, -0.2) is 29.4 Å². The van der Waals surface area contributed by atoms with E-state index >= 15 is 0 Å². The van der Waals surface area contributed by atoms with Crippen molar-refractivity contribution in [1.29, 1.82) is 0 Å². The van der Waals surface area contributed by atoms with Crippen molar-refractivity contribution < 1.29 is 14.6 Å². The van der Waals surface area contributed by atoms with Crippen molar-refractivity contribution >= 4 is 11.8 Å². The Morgan fingerprint density at radius 3 is 2.75 bits per heavy atom. The van der Waals surface area contributed by atoms with E-state index < -0.39 is 17.8 Å². The van der Waals surface area contributed by atoms with Gasteiger partial charge in [0.1, 0.15) is 5.60 Å². The molecule has 0 aliphatic carbocycles. The highest BCUT2D eigenvalue weighted by atomic mass is 16.6. The number of amides is 1. The average Bonchev–Trinajstić information content (AvgIpc) is 2.34. The van der Waals surface area contributed by atoms with Crippen LogP contribution in [0.15, 0.2) is 18.2 Å². The van der Waals surface area contributed by atoms with Crippen molar-refractivity contribution in [3.8, 4) is 0 Å². The summed E-state index contributed by atoms with van der Waals surface area (Å²) in [6, 6.07) is 5.96. The van der Waals surface area contributed by atoms with Crippen LogP contribution in [0.4, 0.5) is 10.5 Å². The number of para-hydroxylation sites is 1. The van der Waals surface area contributed by atoms with Crippen molar-refractivity contribution in [3.63, 3.8) is 0 Å². The summed E-state index contributed by atoms with van der Waals surface area (Å²) in [6.07, 6.45) is 0.502. The Morgan fingerprint density at radius 1 is 1.45 bits per heavy atom. The summed E-state index contributed by atoms with van der Waals surface area (Å²) in [6.45, 7) is 7.89. The molecule has 1 aliphatic rings. The van der Waals surface area contributed by atoms with Gasteiger partial charge in [0.15, 0.2) is 0 Å². The summed E-state index contributed by atoms with van der Waals surface area (Å²) in [5, 5.41) is 9.99. The number of β-amino-alcohol motifs (C(OH)–C–C–N with tert-alkyl or cyclic N) is 1. The normalized spacial score (nSPS) is 18.6. The minimum absolute atomic E-state index is 0.291. The largest absolute Gasteiger partial charge is 0.443 e. The van der Waals surface area contributed by atoms with Gasteiger partial charge in [0.05, 0.1) is 18.3 Å². The molecular weight excluding hydrogens is 254 g/mol. The monoisotopic (exact) mass is 277 g/mol. The summed E-state index contributed by atoms with van der Waals surface area (Å²) < 4.78 is 5.46. The molecule has 1 amide bonds. The maximum Gasteiger partial charge on any atom is 0.414 e. The molecule has 1 N–H and O–H groups in total. The second-order valence-corrected chi connectivity index (χ2v) is 6.23. The minimum atomic E-state index is -0.541. The molecule has 0 fully saturated rings. The molecule has 1 atom stereocenters. The first kappa shape index (κ1) is 14.9. The number of hydrogen-bond acceptors (Lipinski definition) is 3. The number of aryl methyl sites for hydroxylation is 1. The lowest BCUT2D eigenvalue weighted by Gasteiger charge is -2.35. The zero-order valence-corrected chi connectivity index (χ0v) is 12.6. The molecule has 1 unspecified atom stereocenters. The number of carbonyl (C=O) groups excluding carboxylic acids is 1. The van der Waals surface area contributed by atoms with Gasteiger partial charge in [-0.3, -0.25) is 4.90 Å². The predicted octanol–water partition coefficient (Wildman–Crippen LogP) is 2.91. The highest BCUT2D eigenvalue weighted by Gasteiger charge is 2.32. The summed E-state index contributed by atoms with van der Waals surface area (Å²) in [5.74, 6) is 0. The van der Waals surface area contributed by atoms with Gasteiger partial charge in [-0.2, -0.15) is 0 Å². The summed E-state index contributed by atoms with van der Waals surface area (Å²) in [5.41, 5.74) is 2.49. The lowest BCUT2D eigenvalue weighted by atomic mass is 9.95. The van der Waals surface area contributed by atoms with Crippen molar-refractivity contribution in [2.24, 2.45) is 0 Å². The highest BCUT2D eigenvalue weighted by Crippen LogP contribution is 2.32. The lowest BCUT2D eigenvalue weighted by molar-refractivity contribution is 0.0548. The summed E-state index contributed by atoms with van der Waals surface area (Å²) in [4.78, 5) is 14.0.